The second-order valence-electron chi connectivity index (χ2n) is 11.7. The van der Waals surface area contributed by atoms with Gasteiger partial charge in [-0.15, -0.1) is 0 Å². The standard InChI is InChI=1S/C42H30N4/c1-5-16-39-35(12-1)36-13-2-6-17-40(36)45(39)33-24-20-29(21-25-33)43-31-10-9-11-32(28-31)44-30-22-26-34(27-23-30)46-41-18-7-3-14-37(41)38-15-4-8-19-42(38)46/h1-28,43-44H. The van der Waals surface area contributed by atoms with E-state index in [2.05, 4.69) is 190 Å². The molecule has 0 aliphatic carbocycles. The molecule has 0 saturated carbocycles. The minimum absolute atomic E-state index is 1.02. The number of hydrogen-bond acceptors (Lipinski definition) is 2. The number of fused-ring (bicyclic) bond motifs is 6. The third-order valence-electron chi connectivity index (χ3n) is 8.85. The van der Waals surface area contributed by atoms with E-state index in [1.165, 1.54) is 43.6 Å². The summed E-state index contributed by atoms with van der Waals surface area (Å²) in [6.45, 7) is 0. The quantitative estimate of drug-likeness (QED) is 0.202. The lowest BCUT2D eigenvalue weighted by Gasteiger charge is -2.13. The van der Waals surface area contributed by atoms with Gasteiger partial charge in [0.1, 0.15) is 0 Å². The highest BCUT2D eigenvalue weighted by Gasteiger charge is 2.12. The van der Waals surface area contributed by atoms with Crippen molar-refractivity contribution in [3.8, 4) is 11.4 Å². The van der Waals surface area contributed by atoms with Crippen LogP contribution < -0.4 is 10.6 Å². The summed E-state index contributed by atoms with van der Waals surface area (Å²) in [5.74, 6) is 0. The Morgan fingerprint density at radius 1 is 0.283 bits per heavy atom. The topological polar surface area (TPSA) is 33.9 Å². The highest BCUT2D eigenvalue weighted by Crippen LogP contribution is 2.34. The Morgan fingerprint density at radius 3 is 0.957 bits per heavy atom. The van der Waals surface area contributed by atoms with E-state index in [-0.39, 0.29) is 0 Å². The summed E-state index contributed by atoms with van der Waals surface area (Å²) < 4.78 is 4.68. The molecule has 0 spiro atoms. The maximum Gasteiger partial charge on any atom is 0.0541 e. The maximum atomic E-state index is 3.59. The van der Waals surface area contributed by atoms with Crippen LogP contribution in [0.15, 0.2) is 170 Å². The first-order valence-corrected chi connectivity index (χ1v) is 15.6. The molecule has 9 rings (SSSR count). The Morgan fingerprint density at radius 2 is 0.609 bits per heavy atom. The van der Waals surface area contributed by atoms with Crippen LogP contribution in [-0.2, 0) is 0 Å². The Bertz CT molecular complexity index is 2240. The molecule has 0 atom stereocenters. The van der Waals surface area contributed by atoms with Gasteiger partial charge in [-0.3, -0.25) is 0 Å². The van der Waals surface area contributed by atoms with Crippen LogP contribution in [0, 0.1) is 0 Å². The summed E-state index contributed by atoms with van der Waals surface area (Å²) in [5.41, 5.74) is 11.3. The average Bonchev–Trinajstić information content (AvgIpc) is 3.63. The van der Waals surface area contributed by atoms with Crippen LogP contribution in [0.25, 0.3) is 55.0 Å². The van der Waals surface area contributed by atoms with E-state index in [1.807, 2.05) is 0 Å². The third-order valence-corrected chi connectivity index (χ3v) is 8.85. The monoisotopic (exact) mass is 590 g/mol. The molecule has 9 aromatic rings. The normalized spacial score (nSPS) is 11.5. The lowest BCUT2D eigenvalue weighted by atomic mass is 10.2. The molecule has 0 amide bonds. The molecular formula is C42H30N4. The van der Waals surface area contributed by atoms with Gasteiger partial charge in [0.05, 0.1) is 22.1 Å². The lowest BCUT2D eigenvalue weighted by Crippen LogP contribution is -1.97. The van der Waals surface area contributed by atoms with E-state index in [0.29, 0.717) is 0 Å². The van der Waals surface area contributed by atoms with E-state index in [9.17, 15) is 0 Å². The van der Waals surface area contributed by atoms with Gasteiger partial charge in [0.25, 0.3) is 0 Å². The SMILES string of the molecule is c1cc(Nc2ccc(-n3c4ccccc4c4ccccc43)cc2)cc(Nc2ccc(-n3c4ccccc4c4ccccc43)cc2)c1. The Labute approximate surface area is 266 Å². The largest absolute Gasteiger partial charge is 0.355 e. The number of hydrogen-bond donors (Lipinski definition) is 2. The number of rotatable bonds is 6. The molecule has 2 aromatic heterocycles. The fraction of sp³-hybridized carbons (Fsp3) is 0. The summed E-state index contributed by atoms with van der Waals surface area (Å²) in [7, 11) is 0. The van der Waals surface area contributed by atoms with Crippen molar-refractivity contribution in [2.24, 2.45) is 0 Å². The minimum Gasteiger partial charge on any atom is -0.355 e. The molecule has 2 N–H and O–H groups in total. The smallest absolute Gasteiger partial charge is 0.0541 e. The van der Waals surface area contributed by atoms with Crippen molar-refractivity contribution in [1.82, 2.24) is 9.13 Å². The van der Waals surface area contributed by atoms with Crippen LogP contribution in [0.5, 0.6) is 0 Å². The van der Waals surface area contributed by atoms with E-state index >= 15 is 0 Å². The summed E-state index contributed by atoms with van der Waals surface area (Å²) in [5, 5.41) is 12.2. The van der Waals surface area contributed by atoms with E-state index < -0.39 is 0 Å². The molecular weight excluding hydrogens is 560 g/mol. The fourth-order valence-electron chi connectivity index (χ4n) is 6.80. The van der Waals surface area contributed by atoms with Crippen LogP contribution in [0.3, 0.4) is 0 Å². The molecule has 2 heterocycles. The minimum atomic E-state index is 1.02. The third kappa shape index (κ3) is 4.39. The molecule has 0 aliphatic heterocycles. The van der Waals surface area contributed by atoms with Gasteiger partial charge in [-0.05, 0) is 91.0 Å². The van der Waals surface area contributed by atoms with E-state index in [0.717, 1.165) is 34.1 Å². The molecule has 4 nitrogen and oxygen atoms in total. The number of benzene rings is 7. The molecule has 46 heavy (non-hydrogen) atoms. The summed E-state index contributed by atoms with van der Waals surface area (Å²) in [6, 6.07) is 60.1. The van der Waals surface area contributed by atoms with E-state index in [1.54, 1.807) is 0 Å². The van der Waals surface area contributed by atoms with Gasteiger partial charge in [0.2, 0.25) is 0 Å². The van der Waals surface area contributed by atoms with Gasteiger partial charge >= 0.3 is 0 Å². The number of aromatic nitrogens is 2. The number of para-hydroxylation sites is 4. The summed E-state index contributed by atoms with van der Waals surface area (Å²) >= 11 is 0. The van der Waals surface area contributed by atoms with Crippen molar-refractivity contribution < 1.29 is 0 Å². The number of nitrogens with zero attached hydrogens (tertiary/aromatic N) is 2. The average molecular weight is 591 g/mol. The van der Waals surface area contributed by atoms with Gasteiger partial charge in [0, 0.05) is 55.7 Å². The molecule has 4 heteroatoms. The Kier molecular flexibility index (Phi) is 6.10. The predicted molar refractivity (Wildman–Crippen MR) is 195 cm³/mol. The van der Waals surface area contributed by atoms with Crippen molar-refractivity contribution in [3.05, 3.63) is 170 Å². The van der Waals surface area contributed by atoms with Crippen LogP contribution in [-0.4, -0.2) is 9.13 Å². The zero-order chi connectivity index (χ0) is 30.5. The lowest BCUT2D eigenvalue weighted by molar-refractivity contribution is 1.18. The molecule has 0 bridgehead atoms. The van der Waals surface area contributed by atoms with Crippen LogP contribution in [0.2, 0.25) is 0 Å². The highest BCUT2D eigenvalue weighted by molar-refractivity contribution is 6.10. The molecule has 7 aromatic carbocycles. The van der Waals surface area contributed by atoms with Crippen molar-refractivity contribution in [3.63, 3.8) is 0 Å². The molecule has 0 aliphatic rings. The van der Waals surface area contributed by atoms with Crippen LogP contribution in [0.4, 0.5) is 22.7 Å². The summed E-state index contributed by atoms with van der Waals surface area (Å²) in [6.07, 6.45) is 0. The first kappa shape index (κ1) is 26.2. The molecule has 0 unspecified atom stereocenters. The van der Waals surface area contributed by atoms with Gasteiger partial charge in [-0.2, -0.15) is 0 Å². The van der Waals surface area contributed by atoms with Crippen molar-refractivity contribution >= 4 is 66.4 Å². The van der Waals surface area contributed by atoms with Crippen molar-refractivity contribution in [2.75, 3.05) is 10.6 Å². The van der Waals surface area contributed by atoms with Gasteiger partial charge in [-0.25, -0.2) is 0 Å². The Hall–Kier alpha value is -6.26. The predicted octanol–water partition coefficient (Wildman–Crippen LogP) is 11.4. The molecule has 0 radical (unpaired) electrons. The highest BCUT2D eigenvalue weighted by atomic mass is 15.0. The van der Waals surface area contributed by atoms with Crippen LogP contribution >= 0.6 is 0 Å². The molecule has 0 fully saturated rings. The molecule has 218 valence electrons. The van der Waals surface area contributed by atoms with Gasteiger partial charge in [0.15, 0.2) is 0 Å². The van der Waals surface area contributed by atoms with E-state index in [4.69, 9.17) is 0 Å². The zero-order valence-electron chi connectivity index (χ0n) is 25.1. The van der Waals surface area contributed by atoms with Crippen LogP contribution in [0.1, 0.15) is 0 Å². The summed E-state index contributed by atoms with van der Waals surface area (Å²) in [4.78, 5) is 0. The first-order chi connectivity index (χ1) is 22.8. The molecule has 0 saturated heterocycles. The van der Waals surface area contributed by atoms with Crippen molar-refractivity contribution in [2.45, 2.75) is 0 Å². The zero-order valence-corrected chi connectivity index (χ0v) is 25.1. The second-order valence-corrected chi connectivity index (χ2v) is 11.7. The number of nitrogens with one attached hydrogen (secondary N) is 2. The number of anilines is 4. The second kappa shape index (κ2) is 10.7. The Balaban J connectivity index is 0.955. The van der Waals surface area contributed by atoms with Gasteiger partial charge < -0.3 is 19.8 Å². The maximum absolute atomic E-state index is 3.59. The first-order valence-electron chi connectivity index (χ1n) is 15.6. The fourth-order valence-corrected chi connectivity index (χ4v) is 6.80. The van der Waals surface area contributed by atoms with Gasteiger partial charge in [-0.1, -0.05) is 78.9 Å². The van der Waals surface area contributed by atoms with Crippen molar-refractivity contribution in [1.29, 1.82) is 0 Å².